The van der Waals surface area contributed by atoms with Crippen LogP contribution in [0.5, 0.6) is 0 Å². The van der Waals surface area contributed by atoms with Gasteiger partial charge in [0.1, 0.15) is 6.33 Å². The lowest BCUT2D eigenvalue weighted by Gasteiger charge is -2.29. The van der Waals surface area contributed by atoms with E-state index in [9.17, 15) is 4.79 Å². The van der Waals surface area contributed by atoms with Gasteiger partial charge < -0.3 is 9.64 Å². The van der Waals surface area contributed by atoms with E-state index in [1.165, 1.54) is 0 Å². The summed E-state index contributed by atoms with van der Waals surface area (Å²) in [5, 5.41) is 4.23. The lowest BCUT2D eigenvalue weighted by molar-refractivity contribution is 0.0733. The van der Waals surface area contributed by atoms with E-state index in [2.05, 4.69) is 15.1 Å². The zero-order valence-corrected chi connectivity index (χ0v) is 15.4. The van der Waals surface area contributed by atoms with Crippen molar-refractivity contribution in [1.29, 1.82) is 0 Å². The lowest BCUT2D eigenvalue weighted by Crippen LogP contribution is -2.36. The number of rotatable bonds is 4. The van der Waals surface area contributed by atoms with Gasteiger partial charge in [-0.05, 0) is 17.7 Å². The number of benzene rings is 1. The van der Waals surface area contributed by atoms with Crippen molar-refractivity contribution in [2.45, 2.75) is 19.6 Å². The minimum absolute atomic E-state index is 0.0191. The standard InChI is InChI=1S/C20H21N5O2/c1-24-10-16(9-23-24)19-17-11-25(8-7-18(17)21-13-22-19)20(26)15-5-3-14(4-6-15)12-27-2/h3-6,9-10,13H,7-8,11-12H2,1-2H3. The van der Waals surface area contributed by atoms with Gasteiger partial charge in [-0.1, -0.05) is 12.1 Å². The summed E-state index contributed by atoms with van der Waals surface area (Å²) in [4.78, 5) is 23.7. The number of hydrogen-bond donors (Lipinski definition) is 0. The van der Waals surface area contributed by atoms with Gasteiger partial charge in [-0.3, -0.25) is 9.48 Å². The first-order chi connectivity index (χ1) is 13.2. The first-order valence-corrected chi connectivity index (χ1v) is 8.84. The van der Waals surface area contributed by atoms with Gasteiger partial charge in [0, 0.05) is 56.6 Å². The van der Waals surface area contributed by atoms with Crippen molar-refractivity contribution >= 4 is 5.91 Å². The summed E-state index contributed by atoms with van der Waals surface area (Å²) in [6, 6.07) is 7.57. The van der Waals surface area contributed by atoms with Crippen LogP contribution in [0.3, 0.4) is 0 Å². The van der Waals surface area contributed by atoms with Crippen LogP contribution in [0.15, 0.2) is 43.0 Å². The van der Waals surface area contributed by atoms with E-state index in [4.69, 9.17) is 4.74 Å². The van der Waals surface area contributed by atoms with Crippen LogP contribution in [-0.2, 0) is 31.4 Å². The highest BCUT2D eigenvalue weighted by atomic mass is 16.5. The van der Waals surface area contributed by atoms with Crippen LogP contribution in [0.2, 0.25) is 0 Å². The van der Waals surface area contributed by atoms with E-state index in [1.54, 1.807) is 24.3 Å². The number of nitrogens with zero attached hydrogens (tertiary/aromatic N) is 5. The molecule has 0 aliphatic carbocycles. The Kier molecular flexibility index (Phi) is 4.68. The smallest absolute Gasteiger partial charge is 0.254 e. The Labute approximate surface area is 157 Å². The van der Waals surface area contributed by atoms with Crippen molar-refractivity contribution < 1.29 is 9.53 Å². The molecule has 2 aromatic heterocycles. The normalized spacial score (nSPS) is 13.5. The van der Waals surface area contributed by atoms with E-state index in [-0.39, 0.29) is 5.91 Å². The van der Waals surface area contributed by atoms with E-state index < -0.39 is 0 Å². The van der Waals surface area contributed by atoms with Gasteiger partial charge >= 0.3 is 0 Å². The molecular weight excluding hydrogens is 342 g/mol. The minimum atomic E-state index is 0.0191. The summed E-state index contributed by atoms with van der Waals surface area (Å²) >= 11 is 0. The molecule has 1 amide bonds. The second-order valence-electron chi connectivity index (χ2n) is 6.66. The Morgan fingerprint density at radius 3 is 2.74 bits per heavy atom. The summed E-state index contributed by atoms with van der Waals surface area (Å²) < 4.78 is 6.87. The number of hydrogen-bond acceptors (Lipinski definition) is 5. The fraction of sp³-hybridized carbons (Fsp3) is 0.300. The Morgan fingerprint density at radius 2 is 2.04 bits per heavy atom. The molecule has 0 radical (unpaired) electrons. The van der Waals surface area contributed by atoms with Gasteiger partial charge in [-0.25, -0.2) is 9.97 Å². The van der Waals surface area contributed by atoms with Crippen LogP contribution in [0.4, 0.5) is 0 Å². The maximum atomic E-state index is 13.0. The van der Waals surface area contributed by atoms with Gasteiger partial charge in [0.2, 0.25) is 0 Å². The van der Waals surface area contributed by atoms with Crippen LogP contribution in [0.1, 0.15) is 27.2 Å². The molecule has 0 fully saturated rings. The molecule has 0 spiro atoms. The zero-order valence-electron chi connectivity index (χ0n) is 15.4. The van der Waals surface area contributed by atoms with E-state index in [0.29, 0.717) is 25.3 Å². The number of aryl methyl sites for hydroxylation is 1. The number of fused-ring (bicyclic) bond motifs is 1. The molecule has 1 aliphatic rings. The van der Waals surface area contributed by atoms with Gasteiger partial charge in [0.25, 0.3) is 5.91 Å². The average molecular weight is 363 g/mol. The predicted molar refractivity (Wildman–Crippen MR) is 99.8 cm³/mol. The van der Waals surface area contributed by atoms with Crippen LogP contribution in [0, 0.1) is 0 Å². The second-order valence-corrected chi connectivity index (χ2v) is 6.66. The van der Waals surface area contributed by atoms with E-state index >= 15 is 0 Å². The number of amides is 1. The summed E-state index contributed by atoms with van der Waals surface area (Å²) in [7, 11) is 3.53. The fourth-order valence-corrected chi connectivity index (χ4v) is 3.40. The third kappa shape index (κ3) is 3.46. The lowest BCUT2D eigenvalue weighted by atomic mass is 10.00. The topological polar surface area (TPSA) is 73.1 Å². The van der Waals surface area contributed by atoms with Crippen LogP contribution >= 0.6 is 0 Å². The Morgan fingerprint density at radius 1 is 1.22 bits per heavy atom. The number of aromatic nitrogens is 4. The molecule has 0 atom stereocenters. The molecule has 1 aliphatic heterocycles. The van der Waals surface area contributed by atoms with Gasteiger partial charge in [-0.15, -0.1) is 0 Å². The molecule has 3 heterocycles. The van der Waals surface area contributed by atoms with Gasteiger partial charge in [0.05, 0.1) is 24.2 Å². The van der Waals surface area contributed by atoms with Crippen LogP contribution < -0.4 is 0 Å². The molecular formula is C20H21N5O2. The maximum Gasteiger partial charge on any atom is 0.254 e. The average Bonchev–Trinajstić information content (AvgIpc) is 3.13. The molecule has 0 saturated heterocycles. The van der Waals surface area contributed by atoms with Crippen molar-refractivity contribution in [1.82, 2.24) is 24.6 Å². The second kappa shape index (κ2) is 7.28. The zero-order chi connectivity index (χ0) is 18.8. The molecule has 7 nitrogen and oxygen atoms in total. The fourth-order valence-electron chi connectivity index (χ4n) is 3.40. The Hall–Kier alpha value is -3.06. The highest BCUT2D eigenvalue weighted by Gasteiger charge is 2.26. The molecule has 0 N–H and O–H groups in total. The molecule has 1 aromatic carbocycles. The third-order valence-corrected chi connectivity index (χ3v) is 4.78. The summed E-state index contributed by atoms with van der Waals surface area (Å²) in [6.07, 6.45) is 6.03. The van der Waals surface area contributed by atoms with Crippen molar-refractivity contribution in [3.8, 4) is 11.3 Å². The van der Waals surface area contributed by atoms with Crippen molar-refractivity contribution in [3.05, 3.63) is 65.4 Å². The highest BCUT2D eigenvalue weighted by molar-refractivity contribution is 5.94. The van der Waals surface area contributed by atoms with Crippen molar-refractivity contribution in [2.24, 2.45) is 7.05 Å². The van der Waals surface area contributed by atoms with Crippen LogP contribution in [0.25, 0.3) is 11.3 Å². The maximum absolute atomic E-state index is 13.0. The Bertz CT molecular complexity index is 965. The third-order valence-electron chi connectivity index (χ3n) is 4.78. The first kappa shape index (κ1) is 17.4. The summed E-state index contributed by atoms with van der Waals surface area (Å²) in [5.41, 5.74) is 5.52. The monoisotopic (exact) mass is 363 g/mol. The highest BCUT2D eigenvalue weighted by Crippen LogP contribution is 2.27. The summed E-state index contributed by atoms with van der Waals surface area (Å²) in [6.45, 7) is 1.69. The van der Waals surface area contributed by atoms with Gasteiger partial charge in [-0.2, -0.15) is 5.10 Å². The molecule has 138 valence electrons. The summed E-state index contributed by atoms with van der Waals surface area (Å²) in [5.74, 6) is 0.0191. The molecule has 0 unspecified atom stereocenters. The van der Waals surface area contributed by atoms with E-state index in [1.807, 2.05) is 42.4 Å². The number of carbonyl (C=O) groups is 1. The molecule has 4 rings (SSSR count). The van der Waals surface area contributed by atoms with Crippen molar-refractivity contribution in [3.63, 3.8) is 0 Å². The first-order valence-electron chi connectivity index (χ1n) is 8.84. The van der Waals surface area contributed by atoms with Crippen LogP contribution in [-0.4, -0.2) is 44.2 Å². The number of ether oxygens (including phenoxy) is 1. The molecule has 3 aromatic rings. The van der Waals surface area contributed by atoms with E-state index in [0.717, 1.165) is 34.5 Å². The molecule has 27 heavy (non-hydrogen) atoms. The van der Waals surface area contributed by atoms with Crippen molar-refractivity contribution in [2.75, 3.05) is 13.7 Å². The SMILES string of the molecule is COCc1ccc(C(=O)N2CCc3ncnc(-c4cnn(C)c4)c3C2)cc1. The number of methoxy groups -OCH3 is 1. The Balaban J connectivity index is 1.59. The van der Waals surface area contributed by atoms with Gasteiger partial charge in [0.15, 0.2) is 0 Å². The molecule has 0 bridgehead atoms. The largest absolute Gasteiger partial charge is 0.380 e. The molecule has 0 saturated carbocycles. The molecule has 7 heteroatoms. The predicted octanol–water partition coefficient (Wildman–Crippen LogP) is 2.22. The number of carbonyl (C=O) groups excluding carboxylic acids is 1. The minimum Gasteiger partial charge on any atom is -0.380 e. The quantitative estimate of drug-likeness (QED) is 0.711.